The summed E-state index contributed by atoms with van der Waals surface area (Å²) in [6.07, 6.45) is 4.11. The maximum atomic E-state index is 4.76. The largest absolute Gasteiger partial charge is 0.357 e. The molecule has 1 saturated heterocycles. The highest BCUT2D eigenvalue weighted by molar-refractivity contribution is 14.0. The van der Waals surface area contributed by atoms with Gasteiger partial charge >= 0.3 is 0 Å². The van der Waals surface area contributed by atoms with Crippen LogP contribution < -0.4 is 10.6 Å². The normalized spacial score (nSPS) is 16.9. The van der Waals surface area contributed by atoms with Crippen molar-refractivity contribution in [2.75, 3.05) is 32.7 Å². The van der Waals surface area contributed by atoms with Crippen molar-refractivity contribution in [3.63, 3.8) is 0 Å². The van der Waals surface area contributed by atoms with Crippen molar-refractivity contribution >= 4 is 29.9 Å². The van der Waals surface area contributed by atoms with E-state index < -0.39 is 0 Å². The Bertz CT molecular complexity index is 563. The Morgan fingerprint density at radius 2 is 1.88 bits per heavy atom. The number of piperidine rings is 1. The number of nitrogens with zero attached hydrogens (tertiary/aromatic N) is 4. The first-order chi connectivity index (χ1) is 12.0. The van der Waals surface area contributed by atoms with Crippen LogP contribution >= 0.6 is 24.0 Å². The van der Waals surface area contributed by atoms with Crippen LogP contribution in [0, 0.1) is 19.8 Å². The predicted octanol–water partition coefficient (Wildman–Crippen LogP) is 2.83. The number of halogens is 1. The number of aromatic nitrogens is 2. The van der Waals surface area contributed by atoms with Crippen molar-refractivity contribution < 1.29 is 0 Å². The average molecular weight is 476 g/mol. The molecule has 0 aliphatic carbocycles. The van der Waals surface area contributed by atoms with Gasteiger partial charge in [0.05, 0.1) is 12.2 Å². The Morgan fingerprint density at radius 1 is 1.19 bits per heavy atom. The summed E-state index contributed by atoms with van der Waals surface area (Å²) in [6, 6.07) is 0. The van der Waals surface area contributed by atoms with Crippen molar-refractivity contribution in [3.05, 3.63) is 17.0 Å². The predicted molar refractivity (Wildman–Crippen MR) is 120 cm³/mol. The summed E-state index contributed by atoms with van der Waals surface area (Å²) in [5, 5.41) is 11.3. The first-order valence-electron chi connectivity index (χ1n) is 9.74. The summed E-state index contributed by atoms with van der Waals surface area (Å²) in [4.78, 5) is 7.36. The lowest BCUT2D eigenvalue weighted by Crippen LogP contribution is -2.42. The molecule has 1 aromatic heterocycles. The van der Waals surface area contributed by atoms with E-state index in [1.165, 1.54) is 50.2 Å². The lowest BCUT2D eigenvalue weighted by molar-refractivity contribution is 0.201. The van der Waals surface area contributed by atoms with Crippen LogP contribution in [0.15, 0.2) is 4.99 Å². The summed E-state index contributed by atoms with van der Waals surface area (Å²) in [7, 11) is 1.99. The van der Waals surface area contributed by atoms with E-state index in [2.05, 4.69) is 48.3 Å². The van der Waals surface area contributed by atoms with E-state index in [4.69, 9.17) is 4.99 Å². The molecule has 0 spiro atoms. The van der Waals surface area contributed by atoms with Gasteiger partial charge in [0, 0.05) is 37.9 Å². The minimum Gasteiger partial charge on any atom is -0.357 e. The summed E-state index contributed by atoms with van der Waals surface area (Å²) in [5.41, 5.74) is 3.48. The minimum absolute atomic E-state index is 0. The number of hydrogen-bond acceptors (Lipinski definition) is 3. The molecule has 1 unspecified atom stereocenters. The number of likely N-dealkylation sites (tertiary alicyclic amines) is 1. The van der Waals surface area contributed by atoms with E-state index in [0.29, 0.717) is 12.5 Å². The molecule has 2 N–H and O–H groups in total. The van der Waals surface area contributed by atoms with Crippen molar-refractivity contribution in [2.24, 2.45) is 18.0 Å². The van der Waals surface area contributed by atoms with Crippen LogP contribution in [0.5, 0.6) is 0 Å². The maximum absolute atomic E-state index is 4.76. The van der Waals surface area contributed by atoms with Crippen LogP contribution in [0.3, 0.4) is 0 Å². The zero-order chi connectivity index (χ0) is 18.2. The molecule has 2 heterocycles. The summed E-state index contributed by atoms with van der Waals surface area (Å²) < 4.78 is 1.93. The van der Waals surface area contributed by atoms with Gasteiger partial charge in [-0.25, -0.2) is 4.99 Å². The molecule has 0 aromatic carbocycles. The number of guanidine groups is 1. The number of hydrogen-bond donors (Lipinski definition) is 2. The van der Waals surface area contributed by atoms with Gasteiger partial charge in [-0.15, -0.1) is 24.0 Å². The standard InChI is InChI=1S/C19H36N6.HI/c1-6-20-19(22-13-18-16(3)23-24(5)17(18)4)21-12-15(2)14-25-10-8-7-9-11-25;/h15H,6-14H2,1-5H3,(H2,20,21,22);1H. The lowest BCUT2D eigenvalue weighted by atomic mass is 10.1. The second-order valence-corrected chi connectivity index (χ2v) is 7.32. The third-order valence-corrected chi connectivity index (χ3v) is 5.03. The topological polar surface area (TPSA) is 57.5 Å². The summed E-state index contributed by atoms with van der Waals surface area (Å²) in [6.45, 7) is 14.8. The minimum atomic E-state index is 0. The van der Waals surface area contributed by atoms with Crippen LogP contribution in [0.4, 0.5) is 0 Å². The molecule has 0 amide bonds. The fourth-order valence-electron chi connectivity index (χ4n) is 3.46. The van der Waals surface area contributed by atoms with E-state index in [0.717, 1.165) is 24.7 Å². The molecule has 1 aliphatic heterocycles. The van der Waals surface area contributed by atoms with Crippen LogP contribution in [-0.2, 0) is 13.6 Å². The van der Waals surface area contributed by atoms with E-state index >= 15 is 0 Å². The quantitative estimate of drug-likeness (QED) is 0.361. The zero-order valence-electron chi connectivity index (χ0n) is 17.1. The molecule has 1 fully saturated rings. The van der Waals surface area contributed by atoms with Crippen molar-refractivity contribution in [1.82, 2.24) is 25.3 Å². The van der Waals surface area contributed by atoms with Crippen molar-refractivity contribution in [1.29, 1.82) is 0 Å². The van der Waals surface area contributed by atoms with Crippen molar-refractivity contribution in [3.8, 4) is 0 Å². The summed E-state index contributed by atoms with van der Waals surface area (Å²) >= 11 is 0. The first-order valence-corrected chi connectivity index (χ1v) is 9.74. The van der Waals surface area contributed by atoms with E-state index in [1.54, 1.807) is 0 Å². The number of aryl methyl sites for hydroxylation is 2. The maximum Gasteiger partial charge on any atom is 0.191 e. The van der Waals surface area contributed by atoms with Crippen molar-refractivity contribution in [2.45, 2.75) is 53.5 Å². The van der Waals surface area contributed by atoms with Gasteiger partial charge in [0.1, 0.15) is 0 Å². The molecule has 0 radical (unpaired) electrons. The van der Waals surface area contributed by atoms with E-state index in [9.17, 15) is 0 Å². The molecule has 0 saturated carbocycles. The van der Waals surface area contributed by atoms with Crippen LogP contribution in [0.2, 0.25) is 0 Å². The third-order valence-electron chi connectivity index (χ3n) is 5.03. The Kier molecular flexibility index (Phi) is 10.5. The van der Waals surface area contributed by atoms with Gasteiger partial charge in [-0.1, -0.05) is 13.3 Å². The van der Waals surface area contributed by atoms with E-state index in [-0.39, 0.29) is 24.0 Å². The zero-order valence-corrected chi connectivity index (χ0v) is 19.5. The molecule has 2 rings (SSSR count). The molecule has 1 aliphatic rings. The number of aliphatic imine (C=N–C) groups is 1. The molecular weight excluding hydrogens is 439 g/mol. The van der Waals surface area contributed by atoms with Gasteiger partial charge in [0.2, 0.25) is 0 Å². The third kappa shape index (κ3) is 7.06. The first kappa shape index (κ1) is 23.2. The molecule has 1 aromatic rings. The van der Waals surface area contributed by atoms with Gasteiger partial charge in [-0.05, 0) is 52.6 Å². The molecule has 0 bridgehead atoms. The fourth-order valence-corrected chi connectivity index (χ4v) is 3.46. The average Bonchev–Trinajstić information content (AvgIpc) is 2.83. The molecular formula is C19H37IN6. The monoisotopic (exact) mass is 476 g/mol. The van der Waals surface area contributed by atoms with Gasteiger partial charge in [-0.3, -0.25) is 4.68 Å². The smallest absolute Gasteiger partial charge is 0.191 e. The Morgan fingerprint density at radius 3 is 2.46 bits per heavy atom. The lowest BCUT2D eigenvalue weighted by Gasteiger charge is -2.29. The molecule has 1 atom stereocenters. The van der Waals surface area contributed by atoms with Crippen LogP contribution in [0.25, 0.3) is 0 Å². The number of rotatable bonds is 7. The second kappa shape index (κ2) is 11.8. The number of nitrogens with one attached hydrogen (secondary N) is 2. The highest BCUT2D eigenvalue weighted by atomic mass is 127. The Labute approximate surface area is 176 Å². The Balaban J connectivity index is 0.00000338. The second-order valence-electron chi connectivity index (χ2n) is 7.32. The molecule has 150 valence electrons. The highest BCUT2D eigenvalue weighted by Crippen LogP contribution is 2.13. The van der Waals surface area contributed by atoms with Crippen LogP contribution in [-0.4, -0.2) is 53.4 Å². The highest BCUT2D eigenvalue weighted by Gasteiger charge is 2.14. The molecule has 7 heteroatoms. The SMILES string of the molecule is CCNC(=NCc1c(C)nn(C)c1C)NCC(C)CN1CCCCC1.I. The fraction of sp³-hybridized carbons (Fsp3) is 0.789. The molecule has 6 nitrogen and oxygen atoms in total. The van der Waals surface area contributed by atoms with Crippen LogP contribution in [0.1, 0.15) is 50.1 Å². The van der Waals surface area contributed by atoms with Gasteiger partial charge in [0.25, 0.3) is 0 Å². The molecule has 26 heavy (non-hydrogen) atoms. The van der Waals surface area contributed by atoms with Gasteiger partial charge in [-0.2, -0.15) is 5.10 Å². The summed E-state index contributed by atoms with van der Waals surface area (Å²) in [5.74, 6) is 1.51. The van der Waals surface area contributed by atoms with Gasteiger partial charge in [0.15, 0.2) is 5.96 Å². The van der Waals surface area contributed by atoms with E-state index in [1.807, 2.05) is 11.7 Å². The van der Waals surface area contributed by atoms with Gasteiger partial charge < -0.3 is 15.5 Å². The Hall–Kier alpha value is -0.830.